The minimum Gasteiger partial charge on any atom is -0.339 e. The molecule has 1 rings (SSSR count). The van der Waals surface area contributed by atoms with E-state index in [-0.39, 0.29) is 18.3 Å². The first-order valence-electron chi connectivity index (χ1n) is 4.42. The summed E-state index contributed by atoms with van der Waals surface area (Å²) in [6.07, 6.45) is 1.80. The maximum Gasteiger partial charge on any atom is 0.239 e. The van der Waals surface area contributed by atoms with Crippen LogP contribution in [0.5, 0.6) is 0 Å². The number of thiazole rings is 1. The topological polar surface area (TPSA) is 59.2 Å². The Morgan fingerprint density at radius 3 is 2.73 bits per heavy atom. The van der Waals surface area contributed by atoms with E-state index in [0.29, 0.717) is 6.54 Å². The molecule has 1 amide bonds. The highest BCUT2D eigenvalue weighted by Gasteiger charge is 2.14. The van der Waals surface area contributed by atoms with Crippen LogP contribution in [0.3, 0.4) is 0 Å². The highest BCUT2D eigenvalue weighted by Crippen LogP contribution is 2.13. The summed E-state index contributed by atoms with van der Waals surface area (Å²) in [4.78, 5) is 18.3. The van der Waals surface area contributed by atoms with E-state index in [1.807, 2.05) is 6.92 Å². The van der Waals surface area contributed by atoms with Gasteiger partial charge in [-0.2, -0.15) is 0 Å². The average Bonchev–Trinajstić information content (AvgIpc) is 2.49. The van der Waals surface area contributed by atoms with Gasteiger partial charge in [0.2, 0.25) is 5.91 Å². The molecular weight excluding hydrogens is 234 g/mol. The first-order chi connectivity index (χ1) is 6.50. The molecule has 6 heteroatoms. The van der Waals surface area contributed by atoms with Crippen molar-refractivity contribution < 1.29 is 4.79 Å². The fourth-order valence-electron chi connectivity index (χ4n) is 1.14. The van der Waals surface area contributed by atoms with Crippen LogP contribution in [0.25, 0.3) is 0 Å². The summed E-state index contributed by atoms with van der Waals surface area (Å²) < 4.78 is 0. The van der Waals surface area contributed by atoms with Crippen molar-refractivity contribution in [2.24, 2.45) is 5.73 Å². The number of aromatic nitrogens is 1. The second-order valence-electron chi connectivity index (χ2n) is 3.33. The molecule has 0 saturated carbocycles. The van der Waals surface area contributed by atoms with Crippen LogP contribution in [0.4, 0.5) is 0 Å². The standard InChI is InChI=1S/C9H15N3OS.ClH/c1-6(10)9(13)12(3)5-8-4-11-7(2)14-8;/h4,6H,5,10H2,1-3H3;1H. The van der Waals surface area contributed by atoms with Crippen molar-refractivity contribution in [1.29, 1.82) is 0 Å². The van der Waals surface area contributed by atoms with Gasteiger partial charge >= 0.3 is 0 Å². The van der Waals surface area contributed by atoms with Crippen molar-refractivity contribution >= 4 is 29.7 Å². The zero-order valence-electron chi connectivity index (χ0n) is 9.06. The first-order valence-corrected chi connectivity index (χ1v) is 5.24. The van der Waals surface area contributed by atoms with Crippen LogP contribution in [-0.4, -0.2) is 28.9 Å². The van der Waals surface area contributed by atoms with Gasteiger partial charge < -0.3 is 10.6 Å². The minimum atomic E-state index is -0.436. The van der Waals surface area contributed by atoms with Crippen molar-refractivity contribution in [3.05, 3.63) is 16.1 Å². The molecule has 4 nitrogen and oxygen atoms in total. The molecule has 0 bridgehead atoms. The fraction of sp³-hybridized carbons (Fsp3) is 0.556. The minimum absolute atomic E-state index is 0. The third-order valence-corrected chi connectivity index (χ3v) is 2.73. The number of halogens is 1. The lowest BCUT2D eigenvalue weighted by Crippen LogP contribution is -2.39. The lowest BCUT2D eigenvalue weighted by atomic mass is 10.3. The summed E-state index contributed by atoms with van der Waals surface area (Å²) in [5, 5.41) is 1.02. The summed E-state index contributed by atoms with van der Waals surface area (Å²) >= 11 is 1.60. The van der Waals surface area contributed by atoms with Gasteiger partial charge in [-0.25, -0.2) is 4.98 Å². The number of likely N-dealkylation sites (N-methyl/N-ethyl adjacent to an activating group) is 1. The zero-order valence-corrected chi connectivity index (χ0v) is 10.7. The highest BCUT2D eigenvalue weighted by atomic mass is 35.5. The second kappa shape index (κ2) is 6.05. The van der Waals surface area contributed by atoms with Crippen LogP contribution >= 0.6 is 23.7 Å². The fourth-order valence-corrected chi connectivity index (χ4v) is 1.99. The molecular formula is C9H16ClN3OS. The third-order valence-electron chi connectivity index (χ3n) is 1.83. The largest absolute Gasteiger partial charge is 0.339 e. The Hall–Kier alpha value is -0.650. The monoisotopic (exact) mass is 249 g/mol. The lowest BCUT2D eigenvalue weighted by Gasteiger charge is -2.17. The quantitative estimate of drug-likeness (QED) is 0.875. The summed E-state index contributed by atoms with van der Waals surface area (Å²) in [7, 11) is 1.75. The molecule has 0 aromatic carbocycles. The third kappa shape index (κ3) is 4.15. The van der Waals surface area contributed by atoms with E-state index < -0.39 is 6.04 Å². The Morgan fingerprint density at radius 1 is 1.73 bits per heavy atom. The Kier molecular flexibility index (Phi) is 5.79. The number of carbonyl (C=O) groups is 1. The van der Waals surface area contributed by atoms with Gasteiger partial charge in [-0.05, 0) is 13.8 Å². The molecule has 0 fully saturated rings. The van der Waals surface area contributed by atoms with Gasteiger partial charge in [0.25, 0.3) is 0 Å². The van der Waals surface area contributed by atoms with Gasteiger partial charge in [-0.3, -0.25) is 4.79 Å². The maximum absolute atomic E-state index is 11.4. The van der Waals surface area contributed by atoms with E-state index in [0.717, 1.165) is 9.88 Å². The molecule has 0 aliphatic heterocycles. The average molecular weight is 250 g/mol. The number of hydrogen-bond donors (Lipinski definition) is 1. The number of nitrogens with two attached hydrogens (primary N) is 1. The highest BCUT2D eigenvalue weighted by molar-refractivity contribution is 7.11. The number of carbonyl (C=O) groups excluding carboxylic acids is 1. The van der Waals surface area contributed by atoms with Gasteiger partial charge in [-0.15, -0.1) is 23.7 Å². The number of rotatable bonds is 3. The SMILES string of the molecule is Cc1ncc(CN(C)C(=O)C(C)N)s1.Cl. The van der Waals surface area contributed by atoms with Crippen LogP contribution in [0.1, 0.15) is 16.8 Å². The van der Waals surface area contributed by atoms with Crippen molar-refractivity contribution in [2.75, 3.05) is 7.05 Å². The molecule has 15 heavy (non-hydrogen) atoms. The summed E-state index contributed by atoms with van der Waals surface area (Å²) in [6, 6.07) is -0.436. The normalized spacial score (nSPS) is 11.7. The van der Waals surface area contributed by atoms with Crippen molar-refractivity contribution in [3.63, 3.8) is 0 Å². The molecule has 1 unspecified atom stereocenters. The second-order valence-corrected chi connectivity index (χ2v) is 4.65. The van der Waals surface area contributed by atoms with E-state index >= 15 is 0 Å². The van der Waals surface area contributed by atoms with Crippen LogP contribution < -0.4 is 5.73 Å². The smallest absolute Gasteiger partial charge is 0.239 e. The first kappa shape index (κ1) is 14.3. The van der Waals surface area contributed by atoms with Crippen LogP contribution in [0.2, 0.25) is 0 Å². The van der Waals surface area contributed by atoms with Crippen molar-refractivity contribution in [1.82, 2.24) is 9.88 Å². The molecule has 1 atom stereocenters. The maximum atomic E-state index is 11.4. The van der Waals surface area contributed by atoms with Crippen LogP contribution in [0, 0.1) is 6.92 Å². The predicted octanol–water partition coefficient (Wildman–Crippen LogP) is 1.18. The van der Waals surface area contributed by atoms with Crippen LogP contribution in [0.15, 0.2) is 6.20 Å². The van der Waals surface area contributed by atoms with E-state index in [9.17, 15) is 4.79 Å². The molecule has 0 saturated heterocycles. The Balaban J connectivity index is 0.00000196. The molecule has 0 radical (unpaired) electrons. The molecule has 86 valence electrons. The Bertz CT molecular complexity index is 327. The van der Waals surface area contributed by atoms with Gasteiger partial charge in [0.1, 0.15) is 0 Å². The number of aryl methyl sites for hydroxylation is 1. The molecule has 2 N–H and O–H groups in total. The molecule has 1 aromatic heterocycles. The van der Waals surface area contributed by atoms with E-state index in [2.05, 4.69) is 4.98 Å². The zero-order chi connectivity index (χ0) is 10.7. The van der Waals surface area contributed by atoms with E-state index in [1.165, 1.54) is 0 Å². The van der Waals surface area contributed by atoms with Crippen molar-refractivity contribution in [2.45, 2.75) is 26.4 Å². The Morgan fingerprint density at radius 2 is 2.33 bits per heavy atom. The predicted molar refractivity (Wildman–Crippen MR) is 64.2 cm³/mol. The van der Waals surface area contributed by atoms with Gasteiger partial charge in [0.05, 0.1) is 17.6 Å². The molecule has 0 spiro atoms. The van der Waals surface area contributed by atoms with E-state index in [1.54, 1.807) is 36.4 Å². The Labute approximate surface area is 99.9 Å². The molecule has 0 aliphatic rings. The summed E-state index contributed by atoms with van der Waals surface area (Å²) in [6.45, 7) is 4.23. The van der Waals surface area contributed by atoms with Crippen LogP contribution in [-0.2, 0) is 11.3 Å². The number of hydrogen-bond acceptors (Lipinski definition) is 4. The number of amides is 1. The van der Waals surface area contributed by atoms with E-state index in [4.69, 9.17) is 5.73 Å². The van der Waals surface area contributed by atoms with Gasteiger partial charge in [0, 0.05) is 18.1 Å². The molecule has 1 heterocycles. The summed E-state index contributed by atoms with van der Waals surface area (Å²) in [5.41, 5.74) is 5.49. The van der Waals surface area contributed by atoms with Gasteiger partial charge in [-0.1, -0.05) is 0 Å². The van der Waals surface area contributed by atoms with Crippen molar-refractivity contribution in [3.8, 4) is 0 Å². The molecule has 1 aromatic rings. The lowest BCUT2D eigenvalue weighted by molar-refractivity contribution is -0.131. The summed E-state index contributed by atoms with van der Waals surface area (Å²) in [5.74, 6) is -0.0453. The molecule has 0 aliphatic carbocycles. The van der Waals surface area contributed by atoms with Gasteiger partial charge in [0.15, 0.2) is 0 Å². The number of nitrogens with zero attached hydrogens (tertiary/aromatic N) is 2.